The van der Waals surface area contributed by atoms with Crippen LogP contribution in [0.2, 0.25) is 0 Å². The van der Waals surface area contributed by atoms with Gasteiger partial charge in [-0.3, -0.25) is 0 Å². The first-order chi connectivity index (χ1) is 8.85. The van der Waals surface area contributed by atoms with Crippen molar-refractivity contribution in [2.45, 2.75) is 97.8 Å². The van der Waals surface area contributed by atoms with Crippen LogP contribution in [0.5, 0.6) is 0 Å². The van der Waals surface area contributed by atoms with E-state index in [9.17, 15) is 0 Å². The molecule has 0 radical (unpaired) electrons. The second-order valence-electron chi connectivity index (χ2n) is 5.68. The normalized spacial score (nSPS) is 13.3. The van der Waals surface area contributed by atoms with E-state index in [4.69, 9.17) is 0 Å². The van der Waals surface area contributed by atoms with Crippen LogP contribution in [0.25, 0.3) is 0 Å². The summed E-state index contributed by atoms with van der Waals surface area (Å²) < 4.78 is 0. The van der Waals surface area contributed by atoms with Crippen LogP contribution in [0.3, 0.4) is 0 Å². The molecule has 0 aromatic rings. The average Bonchev–Trinajstić information content (AvgIpc) is 2.40. The summed E-state index contributed by atoms with van der Waals surface area (Å²) in [7, 11) is 0. The fraction of sp³-hybridized carbons (Fsp3) is 0.889. The van der Waals surface area contributed by atoms with E-state index in [1.54, 1.807) is 0 Å². The fourth-order valence-corrected chi connectivity index (χ4v) is 2.61. The molecule has 18 heavy (non-hydrogen) atoms. The van der Waals surface area contributed by atoms with E-state index in [2.05, 4.69) is 32.9 Å². The lowest BCUT2D eigenvalue weighted by atomic mass is 9.93. The fourth-order valence-electron chi connectivity index (χ4n) is 2.61. The zero-order valence-corrected chi connectivity index (χ0v) is 13.2. The summed E-state index contributed by atoms with van der Waals surface area (Å²) in [6.45, 7) is 6.78. The Morgan fingerprint density at radius 1 is 0.778 bits per heavy atom. The van der Waals surface area contributed by atoms with Gasteiger partial charge in [0.25, 0.3) is 0 Å². The minimum atomic E-state index is 1.01. The molecule has 0 N–H and O–H groups in total. The summed E-state index contributed by atoms with van der Waals surface area (Å²) in [5.41, 5.74) is 0. The molecule has 0 saturated heterocycles. The maximum atomic E-state index is 2.36. The minimum absolute atomic E-state index is 1.01. The van der Waals surface area contributed by atoms with Crippen molar-refractivity contribution in [3.8, 4) is 0 Å². The molecule has 0 aromatic carbocycles. The third kappa shape index (κ3) is 12.2. The summed E-state index contributed by atoms with van der Waals surface area (Å²) >= 11 is 0. The summed E-state index contributed by atoms with van der Waals surface area (Å²) in [5.74, 6) is 1.01. The van der Waals surface area contributed by atoms with Crippen LogP contribution in [0.4, 0.5) is 0 Å². The Hall–Kier alpha value is -0.260. The molecule has 0 aliphatic rings. The molecule has 108 valence electrons. The van der Waals surface area contributed by atoms with Crippen LogP contribution in [-0.4, -0.2) is 0 Å². The second kappa shape index (κ2) is 14.8. The highest BCUT2D eigenvalue weighted by atomic mass is 14.1. The minimum Gasteiger partial charge on any atom is -0.0917 e. The number of hydrogen-bond acceptors (Lipinski definition) is 0. The first-order valence-electron chi connectivity index (χ1n) is 8.46. The molecule has 0 rings (SSSR count). The Morgan fingerprint density at radius 2 is 1.39 bits per heavy atom. The molecule has 0 aliphatic heterocycles. The molecular weight excluding hydrogens is 216 g/mol. The van der Waals surface area contributed by atoms with Gasteiger partial charge in [0.05, 0.1) is 0 Å². The van der Waals surface area contributed by atoms with Crippen LogP contribution in [0, 0.1) is 5.92 Å². The van der Waals surface area contributed by atoms with Crippen LogP contribution < -0.4 is 0 Å². The van der Waals surface area contributed by atoms with E-state index in [0.717, 1.165) is 5.92 Å². The maximum Gasteiger partial charge on any atom is -0.0351 e. The van der Waals surface area contributed by atoms with Gasteiger partial charge in [0, 0.05) is 0 Å². The van der Waals surface area contributed by atoms with Crippen molar-refractivity contribution >= 4 is 0 Å². The second-order valence-corrected chi connectivity index (χ2v) is 5.68. The van der Waals surface area contributed by atoms with Crippen molar-refractivity contribution in [2.75, 3.05) is 0 Å². The highest BCUT2D eigenvalue weighted by molar-refractivity contribution is 4.76. The van der Waals surface area contributed by atoms with Gasteiger partial charge in [0.15, 0.2) is 0 Å². The molecular formula is C18H36. The van der Waals surface area contributed by atoms with Gasteiger partial charge in [-0.15, -0.1) is 0 Å². The van der Waals surface area contributed by atoms with E-state index in [1.807, 2.05) is 0 Å². The Bertz CT molecular complexity index is 169. The topological polar surface area (TPSA) is 0 Å². The van der Waals surface area contributed by atoms with Crippen molar-refractivity contribution < 1.29 is 0 Å². The van der Waals surface area contributed by atoms with Crippen molar-refractivity contribution in [1.82, 2.24) is 0 Å². The van der Waals surface area contributed by atoms with E-state index in [0.29, 0.717) is 0 Å². The van der Waals surface area contributed by atoms with Crippen molar-refractivity contribution in [3.05, 3.63) is 12.2 Å². The van der Waals surface area contributed by atoms with Gasteiger partial charge in [-0.1, -0.05) is 90.2 Å². The molecule has 0 fully saturated rings. The van der Waals surface area contributed by atoms with Gasteiger partial charge in [-0.2, -0.15) is 0 Å². The summed E-state index contributed by atoms with van der Waals surface area (Å²) in [6.07, 6.45) is 21.5. The van der Waals surface area contributed by atoms with Gasteiger partial charge >= 0.3 is 0 Å². The smallest absolute Gasteiger partial charge is 0.0351 e. The number of unbranched alkanes of at least 4 members (excludes halogenated alkanes) is 7. The zero-order chi connectivity index (χ0) is 13.5. The van der Waals surface area contributed by atoms with Gasteiger partial charge in [0.2, 0.25) is 0 Å². The molecule has 1 unspecified atom stereocenters. The molecule has 0 amide bonds. The number of hydrogen-bond donors (Lipinski definition) is 0. The van der Waals surface area contributed by atoms with E-state index < -0.39 is 0 Å². The lowest BCUT2D eigenvalue weighted by Gasteiger charge is -2.13. The molecule has 1 atom stereocenters. The third-order valence-electron chi connectivity index (χ3n) is 4.01. The SMILES string of the molecule is CC=CCCCCCCCCC(CC)CCCC. The maximum absolute atomic E-state index is 2.36. The van der Waals surface area contributed by atoms with Gasteiger partial charge in [-0.25, -0.2) is 0 Å². The third-order valence-corrected chi connectivity index (χ3v) is 4.01. The summed E-state index contributed by atoms with van der Waals surface area (Å²) in [4.78, 5) is 0. The van der Waals surface area contributed by atoms with Crippen LogP contribution >= 0.6 is 0 Å². The quantitative estimate of drug-likeness (QED) is 0.247. The first-order valence-corrected chi connectivity index (χ1v) is 8.46. The lowest BCUT2D eigenvalue weighted by molar-refractivity contribution is 0.400. The Morgan fingerprint density at radius 3 is 2.00 bits per heavy atom. The standard InChI is InChI=1S/C18H36/c1-4-7-9-10-11-12-13-14-15-17-18(6-3)16-8-5-2/h4,7,18H,5-6,8-17H2,1-3H3. The van der Waals surface area contributed by atoms with E-state index in [1.165, 1.54) is 77.0 Å². The van der Waals surface area contributed by atoms with E-state index in [-0.39, 0.29) is 0 Å². The van der Waals surface area contributed by atoms with Gasteiger partial charge in [-0.05, 0) is 25.7 Å². The molecule has 0 bridgehead atoms. The molecule has 0 spiro atoms. The molecule has 0 nitrogen and oxygen atoms in total. The Balaban J connectivity index is 3.22. The van der Waals surface area contributed by atoms with E-state index >= 15 is 0 Å². The van der Waals surface area contributed by atoms with Crippen LogP contribution in [0.1, 0.15) is 97.8 Å². The predicted octanol–water partition coefficient (Wildman–Crippen LogP) is 6.90. The zero-order valence-electron chi connectivity index (χ0n) is 13.2. The molecule has 0 heteroatoms. The van der Waals surface area contributed by atoms with Gasteiger partial charge < -0.3 is 0 Å². The largest absolute Gasteiger partial charge is 0.0917 e. The highest BCUT2D eigenvalue weighted by Gasteiger charge is 2.04. The summed E-state index contributed by atoms with van der Waals surface area (Å²) in [5, 5.41) is 0. The molecule has 0 heterocycles. The molecule has 0 aromatic heterocycles. The average molecular weight is 252 g/mol. The Kier molecular flexibility index (Phi) is 14.6. The van der Waals surface area contributed by atoms with Crippen molar-refractivity contribution in [3.63, 3.8) is 0 Å². The van der Waals surface area contributed by atoms with Crippen molar-refractivity contribution in [1.29, 1.82) is 0 Å². The summed E-state index contributed by atoms with van der Waals surface area (Å²) in [6, 6.07) is 0. The first kappa shape index (κ1) is 17.7. The van der Waals surface area contributed by atoms with Crippen LogP contribution in [0.15, 0.2) is 12.2 Å². The monoisotopic (exact) mass is 252 g/mol. The predicted molar refractivity (Wildman–Crippen MR) is 85.1 cm³/mol. The van der Waals surface area contributed by atoms with Crippen LogP contribution in [-0.2, 0) is 0 Å². The highest BCUT2D eigenvalue weighted by Crippen LogP contribution is 2.20. The van der Waals surface area contributed by atoms with Crippen molar-refractivity contribution in [2.24, 2.45) is 5.92 Å². The lowest BCUT2D eigenvalue weighted by Crippen LogP contribution is -1.98. The van der Waals surface area contributed by atoms with Gasteiger partial charge in [0.1, 0.15) is 0 Å². The number of allylic oxidation sites excluding steroid dienone is 2. The molecule has 0 saturated carbocycles. The Labute approximate surface area is 116 Å². The number of rotatable bonds is 13. The molecule has 0 aliphatic carbocycles.